The van der Waals surface area contributed by atoms with E-state index < -0.39 is 0 Å². The molecule has 1 amide bonds. The first kappa shape index (κ1) is 17.5. The number of carbonyl (C=O) groups is 1. The van der Waals surface area contributed by atoms with E-state index in [1.165, 1.54) is 0 Å². The van der Waals surface area contributed by atoms with Gasteiger partial charge in [0.1, 0.15) is 11.9 Å². The van der Waals surface area contributed by atoms with Crippen LogP contribution in [0.5, 0.6) is 5.75 Å². The average molecular weight is 341 g/mol. The van der Waals surface area contributed by atoms with E-state index in [-0.39, 0.29) is 24.7 Å². The highest BCUT2D eigenvalue weighted by Crippen LogP contribution is 2.14. The number of amides is 1. The SMILES string of the molecule is O=C(COc1ccccc1)N[C@@H]1CCOC[C@H]1OCc1ccccc1. The van der Waals surface area contributed by atoms with E-state index in [9.17, 15) is 4.79 Å². The standard InChI is InChI=1S/C20H23NO4/c22-20(15-24-17-9-5-2-6-10-17)21-18-11-12-23-14-19(18)25-13-16-7-3-1-4-8-16/h1-10,18-19H,11-15H2,(H,21,22)/t18-,19-/m1/s1. The largest absolute Gasteiger partial charge is 0.484 e. The van der Waals surface area contributed by atoms with E-state index in [1.807, 2.05) is 60.7 Å². The molecule has 1 aliphatic rings. The molecule has 0 spiro atoms. The van der Waals surface area contributed by atoms with Crippen molar-refractivity contribution in [2.75, 3.05) is 19.8 Å². The van der Waals surface area contributed by atoms with Crippen LogP contribution in [-0.4, -0.2) is 37.9 Å². The summed E-state index contributed by atoms with van der Waals surface area (Å²) >= 11 is 0. The van der Waals surface area contributed by atoms with Crippen molar-refractivity contribution in [3.05, 3.63) is 66.2 Å². The minimum Gasteiger partial charge on any atom is -0.484 e. The Morgan fingerprint density at radius 1 is 1.08 bits per heavy atom. The Kier molecular flexibility index (Phi) is 6.42. The first-order chi connectivity index (χ1) is 12.3. The highest BCUT2D eigenvalue weighted by Gasteiger charge is 2.28. The van der Waals surface area contributed by atoms with Crippen molar-refractivity contribution < 1.29 is 19.0 Å². The fourth-order valence-electron chi connectivity index (χ4n) is 2.73. The van der Waals surface area contributed by atoms with Crippen LogP contribution in [0.4, 0.5) is 0 Å². The molecule has 2 aromatic rings. The lowest BCUT2D eigenvalue weighted by Crippen LogP contribution is -2.51. The molecule has 132 valence electrons. The highest BCUT2D eigenvalue weighted by molar-refractivity contribution is 5.77. The van der Waals surface area contributed by atoms with Gasteiger partial charge in [-0.05, 0) is 24.1 Å². The zero-order chi connectivity index (χ0) is 17.3. The predicted octanol–water partition coefficient (Wildman–Crippen LogP) is 2.56. The second kappa shape index (κ2) is 9.20. The molecule has 3 rings (SSSR count). The predicted molar refractivity (Wildman–Crippen MR) is 94.3 cm³/mol. The fourth-order valence-corrected chi connectivity index (χ4v) is 2.73. The zero-order valence-electron chi connectivity index (χ0n) is 14.1. The van der Waals surface area contributed by atoms with Crippen LogP contribution >= 0.6 is 0 Å². The van der Waals surface area contributed by atoms with Crippen LogP contribution in [0.15, 0.2) is 60.7 Å². The van der Waals surface area contributed by atoms with E-state index in [2.05, 4.69) is 5.32 Å². The van der Waals surface area contributed by atoms with Gasteiger partial charge >= 0.3 is 0 Å². The molecule has 5 heteroatoms. The van der Waals surface area contributed by atoms with Crippen LogP contribution in [0.3, 0.4) is 0 Å². The van der Waals surface area contributed by atoms with Gasteiger partial charge in [-0.15, -0.1) is 0 Å². The van der Waals surface area contributed by atoms with E-state index >= 15 is 0 Å². The molecule has 1 fully saturated rings. The maximum atomic E-state index is 12.2. The van der Waals surface area contributed by atoms with Gasteiger partial charge in [-0.2, -0.15) is 0 Å². The summed E-state index contributed by atoms with van der Waals surface area (Å²) in [5.74, 6) is 0.533. The third kappa shape index (κ3) is 5.59. The molecule has 0 radical (unpaired) electrons. The molecule has 0 aliphatic carbocycles. The van der Waals surface area contributed by atoms with E-state index in [0.717, 1.165) is 12.0 Å². The van der Waals surface area contributed by atoms with Crippen molar-refractivity contribution in [2.45, 2.75) is 25.2 Å². The van der Waals surface area contributed by atoms with Gasteiger partial charge in [0.2, 0.25) is 0 Å². The first-order valence-electron chi connectivity index (χ1n) is 8.52. The number of rotatable bonds is 7. The third-order valence-corrected chi connectivity index (χ3v) is 4.07. The summed E-state index contributed by atoms with van der Waals surface area (Å²) < 4.78 is 17.0. The van der Waals surface area contributed by atoms with Crippen molar-refractivity contribution in [3.63, 3.8) is 0 Å². The summed E-state index contributed by atoms with van der Waals surface area (Å²) in [6.07, 6.45) is 0.575. The maximum Gasteiger partial charge on any atom is 0.258 e. The first-order valence-corrected chi connectivity index (χ1v) is 8.52. The number of para-hydroxylation sites is 1. The normalized spacial score (nSPS) is 20.0. The van der Waals surface area contributed by atoms with Crippen molar-refractivity contribution in [2.24, 2.45) is 0 Å². The Bertz CT molecular complexity index is 647. The number of benzene rings is 2. The van der Waals surface area contributed by atoms with Crippen LogP contribution in [0, 0.1) is 0 Å². The second-order valence-corrected chi connectivity index (χ2v) is 5.97. The minimum atomic E-state index is -0.158. The molecule has 2 aromatic carbocycles. The molecule has 1 saturated heterocycles. The molecule has 0 unspecified atom stereocenters. The maximum absolute atomic E-state index is 12.2. The van der Waals surface area contributed by atoms with Gasteiger partial charge in [0.15, 0.2) is 6.61 Å². The van der Waals surface area contributed by atoms with Crippen molar-refractivity contribution in [3.8, 4) is 5.75 Å². The van der Waals surface area contributed by atoms with Gasteiger partial charge in [-0.25, -0.2) is 0 Å². The molecule has 5 nitrogen and oxygen atoms in total. The lowest BCUT2D eigenvalue weighted by molar-refractivity contribution is -0.128. The highest BCUT2D eigenvalue weighted by atomic mass is 16.5. The van der Waals surface area contributed by atoms with Crippen molar-refractivity contribution >= 4 is 5.91 Å². The number of nitrogens with one attached hydrogen (secondary N) is 1. The molecular weight excluding hydrogens is 318 g/mol. The molecule has 1 aliphatic heterocycles. The van der Waals surface area contributed by atoms with Crippen LogP contribution in [-0.2, 0) is 20.9 Å². The molecule has 2 atom stereocenters. The van der Waals surface area contributed by atoms with Crippen molar-refractivity contribution in [1.82, 2.24) is 5.32 Å². The smallest absolute Gasteiger partial charge is 0.258 e. The quantitative estimate of drug-likeness (QED) is 0.841. The summed E-state index contributed by atoms with van der Waals surface area (Å²) in [4.78, 5) is 12.2. The average Bonchev–Trinajstić information content (AvgIpc) is 2.67. The van der Waals surface area contributed by atoms with Crippen molar-refractivity contribution in [1.29, 1.82) is 0 Å². The Morgan fingerprint density at radius 3 is 2.56 bits per heavy atom. The molecule has 25 heavy (non-hydrogen) atoms. The van der Waals surface area contributed by atoms with E-state index in [0.29, 0.717) is 25.6 Å². The summed E-state index contributed by atoms with van der Waals surface area (Å²) in [7, 11) is 0. The second-order valence-electron chi connectivity index (χ2n) is 5.97. The molecule has 0 bridgehead atoms. The van der Waals surface area contributed by atoms with Crippen LogP contribution in [0.2, 0.25) is 0 Å². The Balaban J connectivity index is 1.47. The summed E-state index contributed by atoms with van der Waals surface area (Å²) in [6, 6.07) is 19.2. The van der Waals surface area contributed by atoms with Gasteiger partial charge in [0, 0.05) is 6.61 Å². The monoisotopic (exact) mass is 341 g/mol. The van der Waals surface area contributed by atoms with Gasteiger partial charge in [-0.1, -0.05) is 48.5 Å². The van der Waals surface area contributed by atoms with E-state index in [1.54, 1.807) is 0 Å². The zero-order valence-corrected chi connectivity index (χ0v) is 14.1. The van der Waals surface area contributed by atoms with Gasteiger partial charge < -0.3 is 19.5 Å². The number of hydrogen-bond acceptors (Lipinski definition) is 4. The van der Waals surface area contributed by atoms with Gasteiger partial charge in [-0.3, -0.25) is 4.79 Å². The molecule has 1 N–H and O–H groups in total. The Labute approximate surface area is 147 Å². The summed E-state index contributed by atoms with van der Waals surface area (Å²) in [5.41, 5.74) is 1.10. The minimum absolute atomic E-state index is 0.00717. The molecule has 1 heterocycles. The number of hydrogen-bond donors (Lipinski definition) is 1. The van der Waals surface area contributed by atoms with Crippen LogP contribution in [0.25, 0.3) is 0 Å². The van der Waals surface area contributed by atoms with Gasteiger partial charge in [0.25, 0.3) is 5.91 Å². The Hall–Kier alpha value is -2.37. The van der Waals surface area contributed by atoms with Crippen LogP contribution in [0.1, 0.15) is 12.0 Å². The van der Waals surface area contributed by atoms with Gasteiger partial charge in [0.05, 0.1) is 19.3 Å². The summed E-state index contributed by atoms with van der Waals surface area (Å²) in [6.45, 7) is 1.60. The topological polar surface area (TPSA) is 56.8 Å². The third-order valence-electron chi connectivity index (χ3n) is 4.07. The fraction of sp³-hybridized carbons (Fsp3) is 0.350. The number of ether oxygens (including phenoxy) is 3. The van der Waals surface area contributed by atoms with E-state index in [4.69, 9.17) is 14.2 Å². The van der Waals surface area contributed by atoms with Crippen LogP contribution < -0.4 is 10.1 Å². The lowest BCUT2D eigenvalue weighted by Gasteiger charge is -2.32. The molecule has 0 saturated carbocycles. The summed E-state index contributed by atoms with van der Waals surface area (Å²) in [5, 5.41) is 3.01. The Morgan fingerprint density at radius 2 is 1.80 bits per heavy atom. The lowest BCUT2D eigenvalue weighted by atomic mass is 10.1. The molecule has 0 aromatic heterocycles. The number of carbonyl (C=O) groups excluding carboxylic acids is 1. The molecular formula is C20H23NO4.